The molecule has 1 atom stereocenters. The van der Waals surface area contributed by atoms with Crippen LogP contribution in [0.2, 0.25) is 0 Å². The van der Waals surface area contributed by atoms with Crippen LogP contribution in [0.25, 0.3) is 11.3 Å². The maximum atomic E-state index is 12.9. The van der Waals surface area contributed by atoms with Gasteiger partial charge in [-0.15, -0.1) is 0 Å². The number of alkyl halides is 3. The number of hydrogen-bond acceptors (Lipinski definition) is 2. The Bertz CT molecular complexity index is 855. The minimum absolute atomic E-state index is 0.298. The molecule has 0 bridgehead atoms. The van der Waals surface area contributed by atoms with Crippen molar-refractivity contribution in [1.29, 1.82) is 0 Å². The number of rotatable bonds is 7. The number of halogens is 3. The zero-order valence-electron chi connectivity index (χ0n) is 15.1. The van der Waals surface area contributed by atoms with Crippen LogP contribution in [0, 0.1) is 0 Å². The van der Waals surface area contributed by atoms with E-state index in [1.54, 1.807) is 18.2 Å². The lowest BCUT2D eigenvalue weighted by molar-refractivity contribution is -0.137. The van der Waals surface area contributed by atoms with Crippen molar-refractivity contribution in [1.82, 2.24) is 5.32 Å². The standard InChI is InChI=1S/C22H22F3NO/c1-16(10-11-17-6-3-2-4-7-17)26-15-20-12-13-21(27-20)18-8-5-9-19(14-18)22(23,24)25/h2-9,12-14,16,26H,10-11,15H2,1H3/t16-/m1/s1. The van der Waals surface area contributed by atoms with E-state index in [1.165, 1.54) is 11.6 Å². The van der Waals surface area contributed by atoms with Gasteiger partial charge in [0.05, 0.1) is 12.1 Å². The van der Waals surface area contributed by atoms with E-state index in [9.17, 15) is 13.2 Å². The van der Waals surface area contributed by atoms with E-state index in [0.29, 0.717) is 29.7 Å². The highest BCUT2D eigenvalue weighted by Gasteiger charge is 2.30. The molecule has 1 N–H and O–H groups in total. The molecule has 0 spiro atoms. The fraction of sp³-hybridized carbons (Fsp3) is 0.273. The molecular formula is C22H22F3NO. The molecule has 0 amide bonds. The van der Waals surface area contributed by atoms with Crippen molar-refractivity contribution in [2.45, 2.75) is 38.5 Å². The van der Waals surface area contributed by atoms with E-state index in [4.69, 9.17) is 4.42 Å². The van der Waals surface area contributed by atoms with Crippen LogP contribution in [0.3, 0.4) is 0 Å². The smallest absolute Gasteiger partial charge is 0.416 e. The van der Waals surface area contributed by atoms with Gasteiger partial charge in [0.15, 0.2) is 0 Å². The van der Waals surface area contributed by atoms with Gasteiger partial charge in [0.2, 0.25) is 0 Å². The topological polar surface area (TPSA) is 25.2 Å². The molecule has 3 aromatic rings. The first-order valence-electron chi connectivity index (χ1n) is 8.95. The quantitative estimate of drug-likeness (QED) is 0.543. The first-order chi connectivity index (χ1) is 12.9. The van der Waals surface area contributed by atoms with Crippen LogP contribution < -0.4 is 5.32 Å². The third kappa shape index (κ3) is 5.47. The predicted octanol–water partition coefficient (Wildman–Crippen LogP) is 6.08. The van der Waals surface area contributed by atoms with Gasteiger partial charge in [0.25, 0.3) is 0 Å². The van der Waals surface area contributed by atoms with Crippen LogP contribution in [0.5, 0.6) is 0 Å². The highest BCUT2D eigenvalue weighted by molar-refractivity contribution is 5.58. The molecule has 27 heavy (non-hydrogen) atoms. The zero-order valence-corrected chi connectivity index (χ0v) is 15.1. The Morgan fingerprint density at radius 3 is 2.48 bits per heavy atom. The summed E-state index contributed by atoms with van der Waals surface area (Å²) in [6.45, 7) is 2.65. The predicted molar refractivity (Wildman–Crippen MR) is 100 cm³/mol. The largest absolute Gasteiger partial charge is 0.460 e. The minimum Gasteiger partial charge on any atom is -0.460 e. The number of nitrogens with one attached hydrogen (secondary N) is 1. The molecule has 2 aromatic carbocycles. The third-order valence-corrected chi connectivity index (χ3v) is 4.47. The first-order valence-corrected chi connectivity index (χ1v) is 8.95. The van der Waals surface area contributed by atoms with Gasteiger partial charge in [-0.25, -0.2) is 0 Å². The lowest BCUT2D eigenvalue weighted by Crippen LogP contribution is -2.25. The van der Waals surface area contributed by atoms with E-state index in [1.807, 2.05) is 18.2 Å². The average Bonchev–Trinajstić information content (AvgIpc) is 3.14. The van der Waals surface area contributed by atoms with E-state index < -0.39 is 11.7 Å². The van der Waals surface area contributed by atoms with Crippen LogP contribution in [0.15, 0.2) is 71.1 Å². The molecule has 0 aliphatic carbocycles. The second kappa shape index (κ2) is 8.44. The van der Waals surface area contributed by atoms with Crippen molar-refractivity contribution in [2.75, 3.05) is 0 Å². The molecule has 0 unspecified atom stereocenters. The van der Waals surface area contributed by atoms with Gasteiger partial charge < -0.3 is 9.73 Å². The maximum absolute atomic E-state index is 12.9. The summed E-state index contributed by atoms with van der Waals surface area (Å²) in [6, 6.07) is 19.3. The summed E-state index contributed by atoms with van der Waals surface area (Å²) in [5, 5.41) is 3.40. The van der Waals surface area contributed by atoms with Crippen LogP contribution >= 0.6 is 0 Å². The Balaban J connectivity index is 1.55. The summed E-state index contributed by atoms with van der Waals surface area (Å²) in [4.78, 5) is 0. The summed E-state index contributed by atoms with van der Waals surface area (Å²) in [5.41, 5.74) is 1.05. The van der Waals surface area contributed by atoms with Gasteiger partial charge in [-0.2, -0.15) is 13.2 Å². The van der Waals surface area contributed by atoms with Crippen LogP contribution in [0.4, 0.5) is 13.2 Å². The first kappa shape index (κ1) is 19.2. The van der Waals surface area contributed by atoms with Crippen LogP contribution in [0.1, 0.15) is 30.2 Å². The molecule has 0 saturated carbocycles. The fourth-order valence-electron chi connectivity index (χ4n) is 2.88. The van der Waals surface area contributed by atoms with E-state index in [-0.39, 0.29) is 0 Å². The molecule has 142 valence electrons. The number of aryl methyl sites for hydroxylation is 1. The Morgan fingerprint density at radius 1 is 0.963 bits per heavy atom. The van der Waals surface area contributed by atoms with E-state index in [0.717, 1.165) is 25.0 Å². The van der Waals surface area contributed by atoms with Crippen LogP contribution in [-0.2, 0) is 19.1 Å². The fourth-order valence-corrected chi connectivity index (χ4v) is 2.88. The molecule has 0 aliphatic heterocycles. The summed E-state index contributed by atoms with van der Waals surface area (Å²) < 4.78 is 44.3. The summed E-state index contributed by atoms with van der Waals surface area (Å²) in [7, 11) is 0. The lowest BCUT2D eigenvalue weighted by atomic mass is 10.1. The Morgan fingerprint density at radius 2 is 1.74 bits per heavy atom. The van der Waals surface area contributed by atoms with Gasteiger partial charge in [-0.05, 0) is 49.6 Å². The summed E-state index contributed by atoms with van der Waals surface area (Å²) in [6.07, 6.45) is -2.38. The van der Waals surface area contributed by atoms with Gasteiger partial charge >= 0.3 is 6.18 Å². The van der Waals surface area contributed by atoms with Gasteiger partial charge in [-0.1, -0.05) is 42.5 Å². The van der Waals surface area contributed by atoms with Crippen LogP contribution in [-0.4, -0.2) is 6.04 Å². The van der Waals surface area contributed by atoms with Crippen molar-refractivity contribution in [3.63, 3.8) is 0 Å². The van der Waals surface area contributed by atoms with Gasteiger partial charge in [-0.3, -0.25) is 0 Å². The number of benzene rings is 2. The molecule has 0 aliphatic rings. The summed E-state index contributed by atoms with van der Waals surface area (Å²) in [5.74, 6) is 1.14. The lowest BCUT2D eigenvalue weighted by Gasteiger charge is -2.12. The Labute approximate surface area is 157 Å². The maximum Gasteiger partial charge on any atom is 0.416 e. The SMILES string of the molecule is C[C@H](CCc1ccccc1)NCc1ccc(-c2cccc(C(F)(F)F)c2)o1. The molecule has 2 nitrogen and oxygen atoms in total. The van der Waals surface area contributed by atoms with Crippen molar-refractivity contribution in [2.24, 2.45) is 0 Å². The second-order valence-corrected chi connectivity index (χ2v) is 6.65. The molecule has 3 rings (SSSR count). The van der Waals surface area contributed by atoms with Crippen molar-refractivity contribution >= 4 is 0 Å². The van der Waals surface area contributed by atoms with E-state index in [2.05, 4.69) is 24.4 Å². The van der Waals surface area contributed by atoms with Crippen molar-refractivity contribution in [3.05, 3.63) is 83.6 Å². The number of furan rings is 1. The zero-order chi connectivity index (χ0) is 19.3. The summed E-state index contributed by atoms with van der Waals surface area (Å²) >= 11 is 0. The molecule has 1 heterocycles. The molecule has 1 aromatic heterocycles. The molecule has 0 fully saturated rings. The third-order valence-electron chi connectivity index (χ3n) is 4.47. The normalized spacial score (nSPS) is 12.9. The Kier molecular flexibility index (Phi) is 6.01. The highest BCUT2D eigenvalue weighted by atomic mass is 19.4. The van der Waals surface area contributed by atoms with Crippen molar-refractivity contribution < 1.29 is 17.6 Å². The minimum atomic E-state index is -4.36. The highest BCUT2D eigenvalue weighted by Crippen LogP contribution is 2.32. The monoisotopic (exact) mass is 373 g/mol. The second-order valence-electron chi connectivity index (χ2n) is 6.65. The molecule has 0 radical (unpaired) electrons. The van der Waals surface area contributed by atoms with Gasteiger partial charge in [0.1, 0.15) is 11.5 Å². The Hall–Kier alpha value is -2.53. The average molecular weight is 373 g/mol. The molecular weight excluding hydrogens is 351 g/mol. The molecule has 5 heteroatoms. The van der Waals surface area contributed by atoms with E-state index >= 15 is 0 Å². The van der Waals surface area contributed by atoms with Crippen molar-refractivity contribution in [3.8, 4) is 11.3 Å². The number of hydrogen-bond donors (Lipinski definition) is 1. The van der Waals surface area contributed by atoms with Gasteiger partial charge in [0, 0.05) is 11.6 Å². The molecule has 0 saturated heterocycles.